The molecule has 0 aliphatic rings. The molecule has 0 saturated heterocycles. The summed E-state index contributed by atoms with van der Waals surface area (Å²) in [6, 6.07) is 1.79. The Labute approximate surface area is 89.3 Å². The molecular formula is C9H9BrO2S. The van der Waals surface area contributed by atoms with Crippen LogP contribution in [0, 0.1) is 0 Å². The Balaban J connectivity index is 2.71. The maximum atomic E-state index is 11.1. The van der Waals surface area contributed by atoms with Crippen molar-refractivity contribution in [2.45, 2.75) is 6.92 Å². The van der Waals surface area contributed by atoms with E-state index in [-0.39, 0.29) is 5.78 Å². The lowest BCUT2D eigenvalue weighted by Gasteiger charge is -2.03. The molecule has 0 aliphatic carbocycles. The van der Waals surface area contributed by atoms with Crippen LogP contribution in [0.5, 0.6) is 5.75 Å². The molecule has 1 heterocycles. The van der Waals surface area contributed by atoms with Crippen LogP contribution in [-0.4, -0.2) is 12.4 Å². The van der Waals surface area contributed by atoms with Crippen LogP contribution in [0.15, 0.2) is 22.5 Å². The third kappa shape index (κ3) is 2.97. The van der Waals surface area contributed by atoms with Crippen molar-refractivity contribution >= 4 is 33.0 Å². The fourth-order valence-electron chi connectivity index (χ4n) is 0.824. The fraction of sp³-hybridized carbons (Fsp3) is 0.222. The van der Waals surface area contributed by atoms with Crippen molar-refractivity contribution in [1.82, 2.24) is 0 Å². The van der Waals surface area contributed by atoms with Gasteiger partial charge in [-0.15, -0.1) is 11.3 Å². The second-order valence-corrected chi connectivity index (χ2v) is 4.51. The number of ketones is 1. The van der Waals surface area contributed by atoms with Crippen LogP contribution in [0.2, 0.25) is 0 Å². The van der Waals surface area contributed by atoms with E-state index in [2.05, 4.69) is 22.5 Å². The van der Waals surface area contributed by atoms with Crippen molar-refractivity contribution in [1.29, 1.82) is 0 Å². The van der Waals surface area contributed by atoms with Crippen LogP contribution in [0.25, 0.3) is 0 Å². The SMILES string of the molecule is C=C(Br)COc1ccsc1C(C)=O. The summed E-state index contributed by atoms with van der Waals surface area (Å²) in [7, 11) is 0. The van der Waals surface area contributed by atoms with Gasteiger partial charge in [0, 0.05) is 11.4 Å². The Hall–Kier alpha value is -0.610. The van der Waals surface area contributed by atoms with Crippen molar-refractivity contribution in [2.24, 2.45) is 0 Å². The summed E-state index contributed by atoms with van der Waals surface area (Å²) in [4.78, 5) is 11.7. The molecule has 0 fully saturated rings. The number of Topliss-reactive ketones (excluding diaryl/α,β-unsaturated/α-hetero) is 1. The molecule has 1 aromatic heterocycles. The molecule has 0 saturated carbocycles. The van der Waals surface area contributed by atoms with Crippen LogP contribution in [-0.2, 0) is 0 Å². The highest BCUT2D eigenvalue weighted by Gasteiger charge is 2.09. The van der Waals surface area contributed by atoms with Crippen molar-refractivity contribution in [3.05, 3.63) is 27.4 Å². The largest absolute Gasteiger partial charge is 0.487 e. The first kappa shape index (κ1) is 10.5. The van der Waals surface area contributed by atoms with Crippen LogP contribution in [0.4, 0.5) is 0 Å². The maximum absolute atomic E-state index is 11.1. The van der Waals surface area contributed by atoms with Gasteiger partial charge in [0.25, 0.3) is 0 Å². The Morgan fingerprint density at radius 2 is 2.46 bits per heavy atom. The fourth-order valence-corrected chi connectivity index (χ4v) is 1.68. The average molecular weight is 261 g/mol. The number of thiophene rings is 1. The molecular weight excluding hydrogens is 252 g/mol. The van der Waals surface area contributed by atoms with Crippen LogP contribution >= 0.6 is 27.3 Å². The van der Waals surface area contributed by atoms with Gasteiger partial charge in [-0.2, -0.15) is 0 Å². The summed E-state index contributed by atoms with van der Waals surface area (Å²) >= 11 is 4.57. The quantitative estimate of drug-likeness (QED) is 0.778. The molecule has 1 rings (SSSR count). The van der Waals surface area contributed by atoms with Crippen molar-refractivity contribution in [3.63, 3.8) is 0 Å². The lowest BCUT2D eigenvalue weighted by Crippen LogP contribution is -1.99. The van der Waals surface area contributed by atoms with E-state index in [0.717, 1.165) is 4.48 Å². The molecule has 0 spiro atoms. The molecule has 0 N–H and O–H groups in total. The molecule has 1 aromatic rings. The van der Waals surface area contributed by atoms with Gasteiger partial charge in [0.05, 0.1) is 0 Å². The molecule has 0 aromatic carbocycles. The Morgan fingerprint density at radius 3 is 3.00 bits per heavy atom. The van der Waals surface area contributed by atoms with Gasteiger partial charge >= 0.3 is 0 Å². The van der Waals surface area contributed by atoms with Gasteiger partial charge in [-0.25, -0.2) is 0 Å². The van der Waals surface area contributed by atoms with Crippen LogP contribution < -0.4 is 4.74 Å². The zero-order chi connectivity index (χ0) is 9.84. The minimum atomic E-state index is 0.0326. The van der Waals surface area contributed by atoms with Crippen LogP contribution in [0.3, 0.4) is 0 Å². The number of halogens is 1. The first-order chi connectivity index (χ1) is 6.11. The highest BCUT2D eigenvalue weighted by atomic mass is 79.9. The van der Waals surface area contributed by atoms with Gasteiger partial charge in [-0.05, 0) is 11.4 Å². The van der Waals surface area contributed by atoms with E-state index < -0.39 is 0 Å². The van der Waals surface area contributed by atoms with E-state index in [1.54, 1.807) is 6.07 Å². The van der Waals surface area contributed by atoms with Gasteiger partial charge in [-0.1, -0.05) is 22.5 Å². The molecule has 13 heavy (non-hydrogen) atoms. The van der Waals surface area contributed by atoms with Gasteiger partial charge in [0.2, 0.25) is 0 Å². The summed E-state index contributed by atoms with van der Waals surface area (Å²) in [5.74, 6) is 0.670. The zero-order valence-electron chi connectivity index (χ0n) is 7.17. The Kier molecular flexibility index (Phi) is 3.69. The standard InChI is InChI=1S/C9H9BrO2S/c1-6(10)5-12-8-3-4-13-9(8)7(2)11/h3-4H,1,5H2,2H3. The average Bonchev–Trinajstić information content (AvgIpc) is 2.47. The van der Waals surface area contributed by atoms with Crippen molar-refractivity contribution in [2.75, 3.05) is 6.61 Å². The van der Waals surface area contributed by atoms with E-state index in [1.807, 2.05) is 5.38 Å². The minimum Gasteiger partial charge on any atom is -0.487 e. The molecule has 0 bridgehead atoms. The van der Waals surface area contributed by atoms with Crippen molar-refractivity contribution < 1.29 is 9.53 Å². The summed E-state index contributed by atoms with van der Waals surface area (Å²) in [6.45, 7) is 5.55. The number of rotatable bonds is 4. The zero-order valence-corrected chi connectivity index (χ0v) is 9.57. The molecule has 0 amide bonds. The summed E-state index contributed by atoms with van der Waals surface area (Å²) in [5, 5.41) is 1.84. The Morgan fingerprint density at radius 1 is 1.77 bits per heavy atom. The Bertz CT molecular complexity index is 330. The molecule has 0 atom stereocenters. The van der Waals surface area contributed by atoms with Crippen molar-refractivity contribution in [3.8, 4) is 5.75 Å². The van der Waals surface area contributed by atoms with E-state index in [9.17, 15) is 4.79 Å². The minimum absolute atomic E-state index is 0.0326. The number of ether oxygens (including phenoxy) is 1. The second-order valence-electron chi connectivity index (χ2n) is 2.48. The van der Waals surface area contributed by atoms with E-state index in [0.29, 0.717) is 17.2 Å². The predicted molar refractivity (Wildman–Crippen MR) is 57.9 cm³/mol. The van der Waals surface area contributed by atoms with E-state index >= 15 is 0 Å². The number of hydrogen-bond acceptors (Lipinski definition) is 3. The topological polar surface area (TPSA) is 26.3 Å². The van der Waals surface area contributed by atoms with Gasteiger partial charge < -0.3 is 4.74 Å². The van der Waals surface area contributed by atoms with E-state index in [4.69, 9.17) is 4.74 Å². The molecule has 0 aliphatic heterocycles. The number of carbonyl (C=O) groups excluding carboxylic acids is 1. The molecule has 70 valence electrons. The third-order valence-electron chi connectivity index (χ3n) is 1.33. The molecule has 0 radical (unpaired) electrons. The van der Waals surface area contributed by atoms with Gasteiger partial charge in [0.15, 0.2) is 5.78 Å². The monoisotopic (exact) mass is 260 g/mol. The number of carbonyl (C=O) groups is 1. The summed E-state index contributed by atoms with van der Waals surface area (Å²) < 4.78 is 6.10. The highest BCUT2D eigenvalue weighted by molar-refractivity contribution is 9.11. The summed E-state index contributed by atoms with van der Waals surface area (Å²) in [6.07, 6.45) is 0. The lowest BCUT2D eigenvalue weighted by atomic mass is 10.3. The molecule has 4 heteroatoms. The highest BCUT2D eigenvalue weighted by Crippen LogP contribution is 2.25. The maximum Gasteiger partial charge on any atom is 0.173 e. The lowest BCUT2D eigenvalue weighted by molar-refractivity contribution is 0.101. The van der Waals surface area contributed by atoms with E-state index in [1.165, 1.54) is 18.3 Å². The smallest absolute Gasteiger partial charge is 0.173 e. The van der Waals surface area contributed by atoms with Gasteiger partial charge in [-0.3, -0.25) is 4.79 Å². The predicted octanol–water partition coefficient (Wildman–Crippen LogP) is 3.24. The normalized spacial score (nSPS) is 9.69. The van der Waals surface area contributed by atoms with Gasteiger partial charge in [0.1, 0.15) is 17.2 Å². The number of hydrogen-bond donors (Lipinski definition) is 0. The van der Waals surface area contributed by atoms with Crippen LogP contribution in [0.1, 0.15) is 16.6 Å². The third-order valence-corrected chi connectivity index (χ3v) is 2.56. The second kappa shape index (κ2) is 4.58. The first-order valence-corrected chi connectivity index (χ1v) is 5.33. The first-order valence-electron chi connectivity index (χ1n) is 3.65. The summed E-state index contributed by atoms with van der Waals surface area (Å²) in [5.41, 5.74) is 0. The molecule has 0 unspecified atom stereocenters. The molecule has 2 nitrogen and oxygen atoms in total.